The number of amides is 2. The molecule has 3 aromatic heterocycles. The standard InChI is InChI=1S/C27H21F4N7O3/c1-37-13-17(12-34-37)16-5-6-21-20(11-16)35-26(38(21)14-27(29,30)31)36-23(39)10-15-4-7-22(19(28)9-15)41-25-18(24(32)40)3-2-8-33-25/h2-9,11-13H,10,14H2,1H3,(H2,32,40)(H,35,36,39). The molecule has 2 amide bonds. The van der Waals surface area contributed by atoms with Gasteiger partial charge in [0, 0.05) is 25.0 Å². The largest absolute Gasteiger partial charge is 0.435 e. The van der Waals surface area contributed by atoms with Gasteiger partial charge in [-0.3, -0.25) is 19.6 Å². The van der Waals surface area contributed by atoms with E-state index >= 15 is 0 Å². The Morgan fingerprint density at radius 2 is 1.90 bits per heavy atom. The van der Waals surface area contributed by atoms with E-state index < -0.39 is 30.4 Å². The van der Waals surface area contributed by atoms with Gasteiger partial charge in [0.2, 0.25) is 17.7 Å². The molecule has 0 saturated carbocycles. The normalized spacial score (nSPS) is 11.5. The summed E-state index contributed by atoms with van der Waals surface area (Å²) >= 11 is 0. The maximum atomic E-state index is 14.8. The van der Waals surface area contributed by atoms with Crippen LogP contribution in [0.3, 0.4) is 0 Å². The molecule has 0 aliphatic heterocycles. The molecule has 41 heavy (non-hydrogen) atoms. The maximum Gasteiger partial charge on any atom is 0.406 e. The summed E-state index contributed by atoms with van der Waals surface area (Å²) in [4.78, 5) is 32.5. The Hall–Kier alpha value is -5.27. The molecule has 0 saturated heterocycles. The van der Waals surface area contributed by atoms with Crippen LogP contribution in [0.4, 0.5) is 23.5 Å². The number of aromatic nitrogens is 5. The van der Waals surface area contributed by atoms with Crippen molar-refractivity contribution in [3.05, 3.63) is 84.1 Å². The number of primary amides is 1. The Labute approximate surface area is 229 Å². The van der Waals surface area contributed by atoms with Crippen LogP contribution in [0.15, 0.2) is 67.1 Å². The van der Waals surface area contributed by atoms with Gasteiger partial charge in [-0.05, 0) is 47.5 Å². The van der Waals surface area contributed by atoms with Gasteiger partial charge in [0.15, 0.2) is 11.6 Å². The minimum absolute atomic E-state index is 0.0512. The number of fused-ring (bicyclic) bond motifs is 1. The highest BCUT2D eigenvalue weighted by molar-refractivity contribution is 5.95. The number of rotatable bonds is 8. The summed E-state index contributed by atoms with van der Waals surface area (Å²) in [6.07, 6.45) is -0.262. The van der Waals surface area contributed by atoms with Crippen molar-refractivity contribution in [3.8, 4) is 22.8 Å². The van der Waals surface area contributed by atoms with Crippen molar-refractivity contribution in [2.45, 2.75) is 19.1 Å². The van der Waals surface area contributed by atoms with E-state index in [0.717, 1.165) is 16.2 Å². The molecule has 0 atom stereocenters. The highest BCUT2D eigenvalue weighted by Gasteiger charge is 2.31. The smallest absolute Gasteiger partial charge is 0.406 e. The number of alkyl halides is 3. The lowest BCUT2D eigenvalue weighted by Crippen LogP contribution is -2.22. The van der Waals surface area contributed by atoms with Crippen LogP contribution in [0.2, 0.25) is 0 Å². The fourth-order valence-electron chi connectivity index (χ4n) is 4.17. The molecule has 210 valence electrons. The fraction of sp³-hybridized carbons (Fsp3) is 0.148. The number of nitrogens with one attached hydrogen (secondary N) is 1. The third-order valence-corrected chi connectivity index (χ3v) is 5.98. The lowest BCUT2D eigenvalue weighted by atomic mass is 10.1. The number of carbonyl (C=O) groups is 2. The van der Waals surface area contributed by atoms with Crippen molar-refractivity contribution >= 4 is 28.8 Å². The number of hydrogen-bond acceptors (Lipinski definition) is 6. The van der Waals surface area contributed by atoms with Gasteiger partial charge in [-0.15, -0.1) is 0 Å². The van der Waals surface area contributed by atoms with Gasteiger partial charge in [-0.25, -0.2) is 14.4 Å². The lowest BCUT2D eigenvalue weighted by Gasteiger charge is -2.13. The van der Waals surface area contributed by atoms with Crippen molar-refractivity contribution < 1.29 is 31.9 Å². The molecule has 0 aliphatic rings. The Bertz CT molecular complexity index is 1780. The van der Waals surface area contributed by atoms with E-state index in [2.05, 4.69) is 20.4 Å². The summed E-state index contributed by atoms with van der Waals surface area (Å²) < 4.78 is 62.8. The Morgan fingerprint density at radius 3 is 2.59 bits per heavy atom. The quantitative estimate of drug-likeness (QED) is 0.264. The first-order valence-corrected chi connectivity index (χ1v) is 12.0. The van der Waals surface area contributed by atoms with Gasteiger partial charge >= 0.3 is 6.18 Å². The Balaban J connectivity index is 1.36. The van der Waals surface area contributed by atoms with Crippen molar-refractivity contribution in [3.63, 3.8) is 0 Å². The number of carbonyl (C=O) groups excluding carboxylic acids is 2. The maximum absolute atomic E-state index is 14.8. The number of anilines is 1. The van der Waals surface area contributed by atoms with Crippen LogP contribution >= 0.6 is 0 Å². The predicted molar refractivity (Wildman–Crippen MR) is 140 cm³/mol. The third-order valence-electron chi connectivity index (χ3n) is 5.98. The van der Waals surface area contributed by atoms with Crippen molar-refractivity contribution in [1.29, 1.82) is 0 Å². The summed E-state index contributed by atoms with van der Waals surface area (Å²) in [6.45, 7) is -1.38. The summed E-state index contributed by atoms with van der Waals surface area (Å²) in [7, 11) is 1.74. The van der Waals surface area contributed by atoms with E-state index in [4.69, 9.17) is 10.5 Å². The average Bonchev–Trinajstić information content (AvgIpc) is 3.47. The van der Waals surface area contributed by atoms with Gasteiger partial charge in [0.1, 0.15) is 12.1 Å². The van der Waals surface area contributed by atoms with Gasteiger partial charge in [-0.1, -0.05) is 12.1 Å². The fourth-order valence-corrected chi connectivity index (χ4v) is 4.17. The molecule has 0 fully saturated rings. The minimum Gasteiger partial charge on any atom is -0.435 e. The van der Waals surface area contributed by atoms with Gasteiger partial charge in [0.25, 0.3) is 5.91 Å². The Kier molecular flexibility index (Phi) is 7.13. The highest BCUT2D eigenvalue weighted by atomic mass is 19.4. The number of benzene rings is 2. The third kappa shape index (κ3) is 6.16. The van der Waals surface area contributed by atoms with Crippen LogP contribution in [0.25, 0.3) is 22.2 Å². The molecular weight excluding hydrogens is 546 g/mol. The topological polar surface area (TPSA) is 130 Å². The number of aryl methyl sites for hydroxylation is 1. The van der Waals surface area contributed by atoms with E-state index in [1.165, 1.54) is 36.5 Å². The molecule has 5 aromatic rings. The number of nitrogens with zero attached hydrogens (tertiary/aromatic N) is 5. The van der Waals surface area contributed by atoms with E-state index in [-0.39, 0.29) is 46.2 Å². The monoisotopic (exact) mass is 567 g/mol. The lowest BCUT2D eigenvalue weighted by molar-refractivity contribution is -0.139. The van der Waals surface area contributed by atoms with Crippen LogP contribution in [0.1, 0.15) is 15.9 Å². The molecule has 14 heteroatoms. The molecule has 3 N–H and O–H groups in total. The van der Waals surface area contributed by atoms with Crippen molar-refractivity contribution in [2.75, 3.05) is 5.32 Å². The van der Waals surface area contributed by atoms with Crippen LogP contribution in [-0.2, 0) is 24.8 Å². The first kappa shape index (κ1) is 27.3. The highest BCUT2D eigenvalue weighted by Crippen LogP contribution is 2.30. The molecule has 0 aliphatic carbocycles. The zero-order valence-electron chi connectivity index (χ0n) is 21.3. The molecule has 0 unspecified atom stereocenters. The van der Waals surface area contributed by atoms with E-state index in [1.807, 2.05) is 0 Å². The van der Waals surface area contributed by atoms with Gasteiger partial charge in [-0.2, -0.15) is 18.3 Å². The van der Waals surface area contributed by atoms with E-state index in [0.29, 0.717) is 5.56 Å². The molecule has 0 spiro atoms. The number of halogens is 4. The second-order valence-electron chi connectivity index (χ2n) is 9.06. The summed E-state index contributed by atoms with van der Waals surface area (Å²) in [5, 5.41) is 6.51. The number of imidazole rings is 1. The SMILES string of the molecule is Cn1cc(-c2ccc3c(c2)nc(NC(=O)Cc2ccc(Oc4ncccc4C(N)=O)c(F)c2)n3CC(F)(F)F)cn1. The molecule has 10 nitrogen and oxygen atoms in total. The average molecular weight is 568 g/mol. The van der Waals surface area contributed by atoms with Gasteiger partial charge < -0.3 is 15.0 Å². The van der Waals surface area contributed by atoms with Gasteiger partial charge in [0.05, 0.1) is 23.7 Å². The predicted octanol–water partition coefficient (Wildman–Crippen LogP) is 4.61. The number of ether oxygens (including phenoxy) is 1. The first-order chi connectivity index (χ1) is 19.5. The van der Waals surface area contributed by atoms with Crippen LogP contribution < -0.4 is 15.8 Å². The number of nitrogens with two attached hydrogens (primary N) is 1. The van der Waals surface area contributed by atoms with E-state index in [9.17, 15) is 27.2 Å². The van der Waals surface area contributed by atoms with Crippen molar-refractivity contribution in [1.82, 2.24) is 24.3 Å². The zero-order valence-corrected chi connectivity index (χ0v) is 21.3. The molecular formula is C27H21F4N7O3. The molecule has 0 radical (unpaired) electrons. The molecule has 5 rings (SSSR count). The Morgan fingerprint density at radius 1 is 1.10 bits per heavy atom. The van der Waals surface area contributed by atoms with Crippen molar-refractivity contribution in [2.24, 2.45) is 12.8 Å². The van der Waals surface area contributed by atoms with Crippen LogP contribution in [-0.4, -0.2) is 42.3 Å². The summed E-state index contributed by atoms with van der Waals surface area (Å²) in [5.41, 5.74) is 7.28. The minimum atomic E-state index is -4.59. The molecule has 2 aromatic carbocycles. The number of pyridine rings is 1. The van der Waals surface area contributed by atoms with Crippen LogP contribution in [0, 0.1) is 5.82 Å². The summed E-state index contributed by atoms with van der Waals surface area (Å²) in [6, 6.07) is 11.2. The second kappa shape index (κ2) is 10.7. The van der Waals surface area contributed by atoms with Crippen LogP contribution in [0.5, 0.6) is 11.6 Å². The molecule has 3 heterocycles. The van der Waals surface area contributed by atoms with E-state index in [1.54, 1.807) is 36.3 Å². The first-order valence-electron chi connectivity index (χ1n) is 12.0. The molecule has 0 bridgehead atoms. The summed E-state index contributed by atoms with van der Waals surface area (Å²) in [5.74, 6) is -3.16. The number of hydrogen-bond donors (Lipinski definition) is 2. The zero-order chi connectivity index (χ0) is 29.3. The second-order valence-corrected chi connectivity index (χ2v) is 9.06.